The number of methoxy groups -OCH3 is 1. The van der Waals surface area contributed by atoms with Crippen molar-refractivity contribution in [3.63, 3.8) is 0 Å². The van der Waals surface area contributed by atoms with Gasteiger partial charge in [0.25, 0.3) is 0 Å². The number of hydrogen-bond donors (Lipinski definition) is 0. The second kappa shape index (κ2) is 6.23. The second-order valence-corrected chi connectivity index (χ2v) is 4.57. The fourth-order valence-electron chi connectivity index (χ4n) is 1.38. The van der Waals surface area contributed by atoms with Crippen LogP contribution in [0.15, 0.2) is 22.7 Å². The van der Waals surface area contributed by atoms with Gasteiger partial charge < -0.3 is 9.64 Å². The van der Waals surface area contributed by atoms with E-state index in [2.05, 4.69) is 20.8 Å². The van der Waals surface area contributed by atoms with Crippen LogP contribution in [-0.4, -0.2) is 26.6 Å². The van der Waals surface area contributed by atoms with Crippen LogP contribution < -0.4 is 9.64 Å². The first-order valence-electron chi connectivity index (χ1n) is 4.79. The SMILES string of the molecule is COc1ccc(Br)cc1N(C)CCCCl. The fourth-order valence-corrected chi connectivity index (χ4v) is 1.85. The summed E-state index contributed by atoms with van der Waals surface area (Å²) in [6.07, 6.45) is 0.966. The molecular formula is C11H15BrClNO. The van der Waals surface area contributed by atoms with Crippen molar-refractivity contribution in [2.75, 3.05) is 31.5 Å². The number of anilines is 1. The van der Waals surface area contributed by atoms with E-state index in [4.69, 9.17) is 16.3 Å². The molecule has 0 spiro atoms. The first-order valence-corrected chi connectivity index (χ1v) is 6.12. The molecule has 0 radical (unpaired) electrons. The topological polar surface area (TPSA) is 12.5 Å². The summed E-state index contributed by atoms with van der Waals surface area (Å²) in [6.45, 7) is 0.927. The third kappa shape index (κ3) is 3.58. The lowest BCUT2D eigenvalue weighted by atomic mass is 10.2. The van der Waals surface area contributed by atoms with Crippen LogP contribution in [0.1, 0.15) is 6.42 Å². The Kier molecular flexibility index (Phi) is 5.26. The van der Waals surface area contributed by atoms with Crippen molar-refractivity contribution in [2.45, 2.75) is 6.42 Å². The van der Waals surface area contributed by atoms with Crippen molar-refractivity contribution in [1.82, 2.24) is 0 Å². The molecule has 4 heteroatoms. The van der Waals surface area contributed by atoms with Crippen molar-refractivity contribution in [2.24, 2.45) is 0 Å². The van der Waals surface area contributed by atoms with E-state index in [0.29, 0.717) is 5.88 Å². The van der Waals surface area contributed by atoms with Crippen LogP contribution in [0.25, 0.3) is 0 Å². The third-order valence-electron chi connectivity index (χ3n) is 2.18. The summed E-state index contributed by atoms with van der Waals surface area (Å²) in [5.41, 5.74) is 1.08. The lowest BCUT2D eigenvalue weighted by molar-refractivity contribution is 0.414. The highest BCUT2D eigenvalue weighted by Crippen LogP contribution is 2.30. The Morgan fingerprint density at radius 1 is 1.47 bits per heavy atom. The van der Waals surface area contributed by atoms with E-state index < -0.39 is 0 Å². The summed E-state index contributed by atoms with van der Waals surface area (Å²) in [5.74, 6) is 1.57. The van der Waals surface area contributed by atoms with E-state index in [1.165, 1.54) is 0 Å². The zero-order chi connectivity index (χ0) is 11.3. The molecule has 0 bridgehead atoms. The first-order chi connectivity index (χ1) is 7.19. The minimum absolute atomic E-state index is 0.681. The maximum absolute atomic E-state index is 5.67. The van der Waals surface area contributed by atoms with E-state index in [-0.39, 0.29) is 0 Å². The summed E-state index contributed by atoms with van der Waals surface area (Å²) in [5, 5.41) is 0. The van der Waals surface area contributed by atoms with Gasteiger partial charge in [-0.1, -0.05) is 15.9 Å². The van der Waals surface area contributed by atoms with Crippen LogP contribution in [0, 0.1) is 0 Å². The Hall–Kier alpha value is -0.410. The third-order valence-corrected chi connectivity index (χ3v) is 2.94. The van der Waals surface area contributed by atoms with Crippen LogP contribution in [0.5, 0.6) is 5.75 Å². The summed E-state index contributed by atoms with van der Waals surface area (Å²) >= 11 is 9.12. The molecular weight excluding hydrogens is 277 g/mol. The van der Waals surface area contributed by atoms with Crippen molar-refractivity contribution < 1.29 is 4.74 Å². The smallest absolute Gasteiger partial charge is 0.142 e. The lowest BCUT2D eigenvalue weighted by Crippen LogP contribution is -2.19. The average Bonchev–Trinajstić information content (AvgIpc) is 2.25. The predicted molar refractivity (Wildman–Crippen MR) is 69.3 cm³/mol. The lowest BCUT2D eigenvalue weighted by Gasteiger charge is -2.21. The molecule has 0 unspecified atom stereocenters. The molecule has 0 aliphatic rings. The molecule has 0 aliphatic carbocycles. The van der Waals surface area contributed by atoms with E-state index in [0.717, 1.165) is 28.9 Å². The number of ether oxygens (including phenoxy) is 1. The number of halogens is 2. The molecule has 0 N–H and O–H groups in total. The largest absolute Gasteiger partial charge is 0.495 e. The molecule has 0 saturated heterocycles. The quantitative estimate of drug-likeness (QED) is 0.770. The molecule has 0 amide bonds. The highest BCUT2D eigenvalue weighted by molar-refractivity contribution is 9.10. The standard InChI is InChI=1S/C11H15BrClNO/c1-14(7-3-6-13)10-8-9(12)4-5-11(10)15-2/h4-5,8H,3,6-7H2,1-2H3. The van der Waals surface area contributed by atoms with Gasteiger partial charge in [-0.2, -0.15) is 0 Å². The molecule has 84 valence electrons. The van der Waals surface area contributed by atoms with Crippen molar-refractivity contribution >= 4 is 33.2 Å². The summed E-state index contributed by atoms with van der Waals surface area (Å²) < 4.78 is 6.36. The maximum Gasteiger partial charge on any atom is 0.142 e. The highest BCUT2D eigenvalue weighted by Gasteiger charge is 2.07. The van der Waals surface area contributed by atoms with Crippen molar-refractivity contribution in [3.8, 4) is 5.75 Å². The molecule has 1 aromatic carbocycles. The van der Waals surface area contributed by atoms with E-state index >= 15 is 0 Å². The molecule has 0 saturated carbocycles. The average molecular weight is 293 g/mol. The Labute approximate surface area is 104 Å². The van der Waals surface area contributed by atoms with Gasteiger partial charge in [0.05, 0.1) is 12.8 Å². The van der Waals surface area contributed by atoms with Crippen LogP contribution in [0.2, 0.25) is 0 Å². The van der Waals surface area contributed by atoms with Crippen LogP contribution in [0.3, 0.4) is 0 Å². The van der Waals surface area contributed by atoms with Gasteiger partial charge in [-0.05, 0) is 24.6 Å². The Balaban J connectivity index is 2.85. The zero-order valence-corrected chi connectivity index (χ0v) is 11.3. The zero-order valence-electron chi connectivity index (χ0n) is 8.96. The predicted octanol–water partition coefficient (Wildman–Crippen LogP) is 3.52. The van der Waals surface area contributed by atoms with Crippen LogP contribution in [-0.2, 0) is 0 Å². The highest BCUT2D eigenvalue weighted by atomic mass is 79.9. The monoisotopic (exact) mass is 291 g/mol. The molecule has 1 rings (SSSR count). The number of alkyl halides is 1. The molecule has 0 fully saturated rings. The van der Waals surface area contributed by atoms with Gasteiger partial charge in [0, 0.05) is 23.9 Å². The van der Waals surface area contributed by atoms with Crippen LogP contribution in [0.4, 0.5) is 5.69 Å². The minimum atomic E-state index is 0.681. The van der Waals surface area contributed by atoms with E-state index in [1.807, 2.05) is 25.2 Å². The molecule has 0 aliphatic heterocycles. The van der Waals surface area contributed by atoms with Gasteiger partial charge in [-0.25, -0.2) is 0 Å². The molecule has 15 heavy (non-hydrogen) atoms. The molecule has 2 nitrogen and oxygen atoms in total. The van der Waals surface area contributed by atoms with Gasteiger partial charge in [0.15, 0.2) is 0 Å². The maximum atomic E-state index is 5.67. The minimum Gasteiger partial charge on any atom is -0.495 e. The van der Waals surface area contributed by atoms with E-state index in [9.17, 15) is 0 Å². The summed E-state index contributed by atoms with van der Waals surface area (Å²) in [7, 11) is 3.72. The van der Waals surface area contributed by atoms with Gasteiger partial charge in [0.2, 0.25) is 0 Å². The van der Waals surface area contributed by atoms with Gasteiger partial charge >= 0.3 is 0 Å². The fraction of sp³-hybridized carbons (Fsp3) is 0.455. The normalized spacial score (nSPS) is 10.1. The number of nitrogens with zero attached hydrogens (tertiary/aromatic N) is 1. The Morgan fingerprint density at radius 2 is 2.20 bits per heavy atom. The van der Waals surface area contributed by atoms with E-state index in [1.54, 1.807) is 7.11 Å². The Bertz CT molecular complexity index is 319. The van der Waals surface area contributed by atoms with Gasteiger partial charge in [-0.3, -0.25) is 0 Å². The molecule has 0 heterocycles. The van der Waals surface area contributed by atoms with Gasteiger partial charge in [-0.15, -0.1) is 11.6 Å². The van der Waals surface area contributed by atoms with Gasteiger partial charge in [0.1, 0.15) is 5.75 Å². The number of hydrogen-bond acceptors (Lipinski definition) is 2. The summed E-state index contributed by atoms with van der Waals surface area (Å²) in [6, 6.07) is 5.97. The second-order valence-electron chi connectivity index (χ2n) is 3.28. The number of rotatable bonds is 5. The first kappa shape index (κ1) is 12.7. The molecule has 0 aromatic heterocycles. The number of benzene rings is 1. The Morgan fingerprint density at radius 3 is 2.80 bits per heavy atom. The molecule has 0 atom stereocenters. The van der Waals surface area contributed by atoms with Crippen molar-refractivity contribution in [1.29, 1.82) is 0 Å². The van der Waals surface area contributed by atoms with Crippen molar-refractivity contribution in [3.05, 3.63) is 22.7 Å². The van der Waals surface area contributed by atoms with Crippen LogP contribution >= 0.6 is 27.5 Å². The summed E-state index contributed by atoms with van der Waals surface area (Å²) in [4.78, 5) is 2.14. The molecule has 1 aromatic rings.